The largest absolute Gasteiger partial charge is 0.419 e. The first-order valence-electron chi connectivity index (χ1n) is 4.06. The van der Waals surface area contributed by atoms with Crippen LogP contribution >= 0.6 is 15.9 Å². The fraction of sp³-hybridized carbons (Fsp3) is 0.125. The van der Waals surface area contributed by atoms with E-state index in [4.69, 9.17) is 0 Å². The molecule has 0 aromatic carbocycles. The third kappa shape index (κ3) is 2.21. The first kappa shape index (κ1) is 11.1. The molecule has 2 aromatic heterocycles. The molecule has 0 aliphatic carbocycles. The van der Waals surface area contributed by atoms with Crippen LogP contribution in [0.5, 0.6) is 0 Å². The highest BCUT2D eigenvalue weighted by atomic mass is 79.9. The molecular formula is C8H4BrF3N4. The molecule has 0 aliphatic rings. The second-order valence-electron chi connectivity index (χ2n) is 2.87. The summed E-state index contributed by atoms with van der Waals surface area (Å²) in [4.78, 5) is 7.64. The first-order valence-corrected chi connectivity index (χ1v) is 4.86. The van der Waals surface area contributed by atoms with Crippen LogP contribution in [-0.4, -0.2) is 19.7 Å². The molecule has 0 fully saturated rings. The number of rotatable bonds is 1. The van der Waals surface area contributed by atoms with Crippen LogP contribution < -0.4 is 0 Å². The van der Waals surface area contributed by atoms with Crippen LogP contribution in [0.15, 0.2) is 29.3 Å². The number of alkyl halides is 3. The lowest BCUT2D eigenvalue weighted by Gasteiger charge is -2.00. The monoisotopic (exact) mass is 292 g/mol. The Kier molecular flexibility index (Phi) is 2.66. The predicted molar refractivity (Wildman–Crippen MR) is 51.9 cm³/mol. The fourth-order valence-electron chi connectivity index (χ4n) is 1.00. The summed E-state index contributed by atoms with van der Waals surface area (Å²) >= 11 is 3.12. The van der Waals surface area contributed by atoms with Crippen molar-refractivity contribution >= 4 is 15.9 Å². The van der Waals surface area contributed by atoms with Crippen molar-refractivity contribution in [1.82, 2.24) is 19.7 Å². The van der Waals surface area contributed by atoms with Crippen molar-refractivity contribution in [2.24, 2.45) is 0 Å². The van der Waals surface area contributed by atoms with E-state index in [-0.39, 0.29) is 5.95 Å². The maximum absolute atomic E-state index is 12.3. The van der Waals surface area contributed by atoms with Gasteiger partial charge in [0.05, 0.1) is 16.2 Å². The molecule has 2 aromatic rings. The molecular weight excluding hydrogens is 289 g/mol. The van der Waals surface area contributed by atoms with Gasteiger partial charge in [-0.25, -0.2) is 14.6 Å². The number of hydrogen-bond acceptors (Lipinski definition) is 3. The van der Waals surface area contributed by atoms with Gasteiger partial charge in [-0.3, -0.25) is 0 Å². The van der Waals surface area contributed by atoms with Crippen molar-refractivity contribution in [3.05, 3.63) is 34.8 Å². The van der Waals surface area contributed by atoms with Crippen molar-refractivity contribution in [1.29, 1.82) is 0 Å². The molecule has 0 saturated heterocycles. The highest BCUT2D eigenvalue weighted by Crippen LogP contribution is 2.28. The molecule has 0 amide bonds. The minimum atomic E-state index is -4.41. The Hall–Kier alpha value is -1.44. The Morgan fingerprint density at radius 1 is 1.12 bits per heavy atom. The summed E-state index contributed by atoms with van der Waals surface area (Å²) < 4.78 is 38.4. The molecule has 0 atom stereocenters. The third-order valence-corrected chi connectivity index (χ3v) is 2.13. The molecule has 4 nitrogen and oxygen atoms in total. The van der Waals surface area contributed by atoms with Crippen molar-refractivity contribution in [2.75, 3.05) is 0 Å². The minimum absolute atomic E-state index is 0.0821. The van der Waals surface area contributed by atoms with Crippen LogP contribution in [0.25, 0.3) is 5.95 Å². The Morgan fingerprint density at radius 2 is 1.75 bits per heavy atom. The van der Waals surface area contributed by atoms with E-state index < -0.39 is 11.7 Å². The summed E-state index contributed by atoms with van der Waals surface area (Å²) in [6.45, 7) is 0. The molecule has 0 spiro atoms. The average molecular weight is 293 g/mol. The van der Waals surface area contributed by atoms with Crippen molar-refractivity contribution in [3.63, 3.8) is 0 Å². The number of halogens is 4. The van der Waals surface area contributed by atoms with Crippen molar-refractivity contribution in [3.8, 4) is 5.95 Å². The molecule has 2 heterocycles. The summed E-state index contributed by atoms with van der Waals surface area (Å²) in [5.41, 5.74) is -0.834. The topological polar surface area (TPSA) is 43.6 Å². The molecule has 0 saturated carbocycles. The molecule has 16 heavy (non-hydrogen) atoms. The van der Waals surface area contributed by atoms with E-state index in [0.717, 1.165) is 17.1 Å². The minimum Gasteiger partial charge on any atom is -0.218 e. The Balaban J connectivity index is 2.35. The van der Waals surface area contributed by atoms with Crippen LogP contribution in [0.1, 0.15) is 5.56 Å². The molecule has 0 unspecified atom stereocenters. The molecule has 2 rings (SSSR count). The Bertz CT molecular complexity index is 491. The van der Waals surface area contributed by atoms with Gasteiger partial charge >= 0.3 is 6.18 Å². The zero-order valence-electron chi connectivity index (χ0n) is 7.61. The molecule has 0 bridgehead atoms. The highest BCUT2D eigenvalue weighted by molar-refractivity contribution is 9.10. The fourth-order valence-corrected chi connectivity index (χ4v) is 1.21. The first-order chi connectivity index (χ1) is 7.47. The van der Waals surface area contributed by atoms with Gasteiger partial charge in [-0.1, -0.05) is 0 Å². The summed E-state index contributed by atoms with van der Waals surface area (Å²) in [6, 6.07) is 0. The maximum atomic E-state index is 12.3. The van der Waals surface area contributed by atoms with Crippen molar-refractivity contribution in [2.45, 2.75) is 6.18 Å². The lowest BCUT2D eigenvalue weighted by Crippen LogP contribution is -2.04. The van der Waals surface area contributed by atoms with E-state index in [0.29, 0.717) is 4.47 Å². The average Bonchev–Trinajstić information content (AvgIpc) is 2.67. The quantitative estimate of drug-likeness (QED) is 0.811. The van der Waals surface area contributed by atoms with E-state index in [1.54, 1.807) is 0 Å². The molecule has 0 N–H and O–H groups in total. The molecule has 8 heteroatoms. The summed E-state index contributed by atoms with van der Waals surface area (Å²) in [5.74, 6) is 0.0821. The molecule has 84 valence electrons. The van der Waals surface area contributed by atoms with Gasteiger partial charge in [0, 0.05) is 18.6 Å². The van der Waals surface area contributed by atoms with Crippen LogP contribution in [0.3, 0.4) is 0 Å². The molecule has 0 radical (unpaired) electrons. The normalized spacial score (nSPS) is 11.8. The van der Waals surface area contributed by atoms with Gasteiger partial charge in [-0.2, -0.15) is 18.3 Å². The van der Waals surface area contributed by atoms with Gasteiger partial charge in [-0.15, -0.1) is 0 Å². The van der Waals surface area contributed by atoms with Crippen LogP contribution in [0.2, 0.25) is 0 Å². The summed E-state index contributed by atoms with van der Waals surface area (Å²) in [5, 5.41) is 3.54. The van der Waals surface area contributed by atoms with Crippen LogP contribution in [-0.2, 0) is 6.18 Å². The van der Waals surface area contributed by atoms with E-state index in [1.165, 1.54) is 12.4 Å². The van der Waals surface area contributed by atoms with Gasteiger partial charge < -0.3 is 0 Å². The lowest BCUT2D eigenvalue weighted by molar-refractivity contribution is -0.137. The summed E-state index contributed by atoms with van der Waals surface area (Å²) in [7, 11) is 0. The molecule has 0 aliphatic heterocycles. The van der Waals surface area contributed by atoms with E-state index in [2.05, 4.69) is 31.0 Å². The summed E-state index contributed by atoms with van der Waals surface area (Å²) in [6.07, 6.45) is 0.0107. The van der Waals surface area contributed by atoms with Gasteiger partial charge in [0.2, 0.25) is 0 Å². The maximum Gasteiger partial charge on any atom is 0.419 e. The predicted octanol–water partition coefficient (Wildman–Crippen LogP) is 2.44. The third-order valence-electron chi connectivity index (χ3n) is 1.72. The smallest absolute Gasteiger partial charge is 0.218 e. The Morgan fingerprint density at radius 3 is 2.25 bits per heavy atom. The van der Waals surface area contributed by atoms with E-state index in [1.807, 2.05) is 0 Å². The highest BCUT2D eigenvalue weighted by Gasteiger charge is 2.32. The van der Waals surface area contributed by atoms with Crippen LogP contribution in [0.4, 0.5) is 13.2 Å². The zero-order chi connectivity index (χ0) is 11.8. The number of nitrogens with zero attached hydrogens (tertiary/aromatic N) is 4. The van der Waals surface area contributed by atoms with Gasteiger partial charge in [-0.05, 0) is 15.9 Å². The Labute approximate surface area is 96.3 Å². The van der Waals surface area contributed by atoms with E-state index >= 15 is 0 Å². The van der Waals surface area contributed by atoms with Crippen LogP contribution in [0, 0.1) is 0 Å². The zero-order valence-corrected chi connectivity index (χ0v) is 9.20. The van der Waals surface area contributed by atoms with Crippen molar-refractivity contribution < 1.29 is 13.2 Å². The van der Waals surface area contributed by atoms with E-state index in [9.17, 15) is 13.2 Å². The second-order valence-corrected chi connectivity index (χ2v) is 3.79. The standard InChI is InChI=1S/C8H4BrF3N4/c9-6-2-13-7(14-3-6)16-4-5(1-15-16)8(10,11)12/h1-4H. The second kappa shape index (κ2) is 3.85. The van der Waals surface area contributed by atoms with Gasteiger partial charge in [0.25, 0.3) is 5.95 Å². The number of hydrogen-bond donors (Lipinski definition) is 0. The number of aromatic nitrogens is 4. The van der Waals surface area contributed by atoms with Gasteiger partial charge in [0.15, 0.2) is 0 Å². The van der Waals surface area contributed by atoms with Gasteiger partial charge in [0.1, 0.15) is 0 Å². The lowest BCUT2D eigenvalue weighted by atomic mass is 10.4. The SMILES string of the molecule is FC(F)(F)c1cnn(-c2ncc(Br)cn2)c1.